The average Bonchev–Trinajstić information content (AvgIpc) is 2.68. The Morgan fingerprint density at radius 1 is 1.21 bits per heavy atom. The summed E-state index contributed by atoms with van der Waals surface area (Å²) in [5.41, 5.74) is 0.535. The number of anilines is 1. The molecule has 2 fully saturated rings. The molecule has 9 heteroatoms. The number of carbonyl (C=O) groups excluding carboxylic acids is 1. The summed E-state index contributed by atoms with van der Waals surface area (Å²) in [6.07, 6.45) is 7.96. The number of aromatic nitrogens is 1. The third kappa shape index (κ3) is 6.06. The second-order valence-corrected chi connectivity index (χ2v) is 10.5. The second kappa shape index (κ2) is 9.41. The number of amides is 1. The van der Waals surface area contributed by atoms with E-state index in [-0.39, 0.29) is 17.7 Å². The Hall–Kier alpha value is -1.38. The standard InChI is InChI=1S/C19H29ClN4O3S/c1-28(26,27)12-11-23-9-5-16(6-10-23)22-18-17(20)13-15(14-21-18)19(25)24-7-3-2-4-8-24/h13-14,16H,2-12H2,1H3,(H,21,22). The zero-order valence-electron chi connectivity index (χ0n) is 16.4. The maximum atomic E-state index is 12.6. The highest BCUT2D eigenvalue weighted by molar-refractivity contribution is 7.90. The van der Waals surface area contributed by atoms with Crippen LogP contribution >= 0.6 is 11.6 Å². The van der Waals surface area contributed by atoms with Crippen LogP contribution in [0.1, 0.15) is 42.5 Å². The van der Waals surface area contributed by atoms with Crippen LogP contribution in [0.5, 0.6) is 0 Å². The predicted octanol–water partition coefficient (Wildman–Crippen LogP) is 2.28. The normalized spacial score (nSPS) is 19.6. The minimum absolute atomic E-state index is 0.000153. The molecule has 3 rings (SSSR count). The number of piperidine rings is 2. The number of halogens is 1. The van der Waals surface area contributed by atoms with Crippen molar-refractivity contribution in [2.24, 2.45) is 0 Å². The molecule has 3 heterocycles. The first-order valence-electron chi connectivity index (χ1n) is 9.93. The van der Waals surface area contributed by atoms with Crippen molar-refractivity contribution in [3.8, 4) is 0 Å². The number of carbonyl (C=O) groups is 1. The monoisotopic (exact) mass is 428 g/mol. The van der Waals surface area contributed by atoms with Crippen molar-refractivity contribution >= 4 is 33.2 Å². The van der Waals surface area contributed by atoms with Gasteiger partial charge in [0.1, 0.15) is 15.7 Å². The lowest BCUT2D eigenvalue weighted by atomic mass is 10.1. The Morgan fingerprint density at radius 2 is 1.89 bits per heavy atom. The molecular weight excluding hydrogens is 400 g/mol. The number of pyridine rings is 1. The number of nitrogens with zero attached hydrogens (tertiary/aromatic N) is 3. The van der Waals surface area contributed by atoms with Gasteiger partial charge in [-0.1, -0.05) is 11.6 Å². The third-order valence-corrected chi connectivity index (χ3v) is 6.65. The zero-order chi connectivity index (χ0) is 20.1. The second-order valence-electron chi connectivity index (χ2n) is 7.80. The number of nitrogens with one attached hydrogen (secondary N) is 1. The minimum Gasteiger partial charge on any atom is -0.366 e. The summed E-state index contributed by atoms with van der Waals surface area (Å²) in [5, 5.41) is 3.84. The van der Waals surface area contributed by atoms with E-state index >= 15 is 0 Å². The lowest BCUT2D eigenvalue weighted by Gasteiger charge is -2.32. The molecule has 2 aliphatic heterocycles. The van der Waals surface area contributed by atoms with Gasteiger partial charge in [0.15, 0.2) is 0 Å². The molecule has 0 atom stereocenters. The number of hydrogen-bond donors (Lipinski definition) is 1. The van der Waals surface area contributed by atoms with Gasteiger partial charge in [0.2, 0.25) is 0 Å². The number of rotatable bonds is 6. The lowest BCUT2D eigenvalue weighted by molar-refractivity contribution is 0.0724. The van der Waals surface area contributed by atoms with Gasteiger partial charge in [-0.15, -0.1) is 0 Å². The van der Waals surface area contributed by atoms with Gasteiger partial charge in [-0.05, 0) is 38.2 Å². The first-order chi connectivity index (χ1) is 13.3. The molecule has 0 radical (unpaired) electrons. The molecule has 0 spiro atoms. The summed E-state index contributed by atoms with van der Waals surface area (Å²) in [6.45, 7) is 3.87. The lowest BCUT2D eigenvalue weighted by Crippen LogP contribution is -2.41. The largest absolute Gasteiger partial charge is 0.366 e. The van der Waals surface area contributed by atoms with Crippen molar-refractivity contribution in [1.29, 1.82) is 0 Å². The van der Waals surface area contributed by atoms with E-state index in [1.807, 2.05) is 4.90 Å². The van der Waals surface area contributed by atoms with E-state index in [1.54, 1.807) is 12.3 Å². The van der Waals surface area contributed by atoms with Crippen LogP contribution in [0.15, 0.2) is 12.3 Å². The van der Waals surface area contributed by atoms with E-state index in [4.69, 9.17) is 11.6 Å². The van der Waals surface area contributed by atoms with E-state index < -0.39 is 9.84 Å². The zero-order valence-corrected chi connectivity index (χ0v) is 17.9. The van der Waals surface area contributed by atoms with Crippen molar-refractivity contribution in [3.05, 3.63) is 22.8 Å². The van der Waals surface area contributed by atoms with Crippen LogP contribution in [0.3, 0.4) is 0 Å². The Labute approximate surface area is 172 Å². The molecule has 0 bridgehead atoms. The van der Waals surface area contributed by atoms with Gasteiger partial charge < -0.3 is 15.1 Å². The smallest absolute Gasteiger partial charge is 0.255 e. The van der Waals surface area contributed by atoms with Crippen molar-refractivity contribution in [1.82, 2.24) is 14.8 Å². The van der Waals surface area contributed by atoms with Gasteiger partial charge in [0, 0.05) is 51.2 Å². The third-order valence-electron chi connectivity index (χ3n) is 5.44. The van der Waals surface area contributed by atoms with Crippen molar-refractivity contribution in [2.75, 3.05) is 50.0 Å². The highest BCUT2D eigenvalue weighted by Crippen LogP contribution is 2.24. The summed E-state index contributed by atoms with van der Waals surface area (Å²) in [4.78, 5) is 21.0. The van der Waals surface area contributed by atoms with Gasteiger partial charge >= 0.3 is 0 Å². The van der Waals surface area contributed by atoms with E-state index in [0.717, 1.165) is 51.9 Å². The van der Waals surface area contributed by atoms with Crippen molar-refractivity contribution < 1.29 is 13.2 Å². The predicted molar refractivity (Wildman–Crippen MR) is 112 cm³/mol. The quantitative estimate of drug-likeness (QED) is 0.748. The van der Waals surface area contributed by atoms with E-state index in [0.29, 0.717) is 22.9 Å². The van der Waals surface area contributed by atoms with Gasteiger partial charge in [0.25, 0.3) is 5.91 Å². The Bertz CT molecular complexity index is 788. The van der Waals surface area contributed by atoms with Crippen molar-refractivity contribution in [2.45, 2.75) is 38.1 Å². The molecule has 0 unspecified atom stereocenters. The van der Waals surface area contributed by atoms with Crippen LogP contribution in [0.4, 0.5) is 5.82 Å². The topological polar surface area (TPSA) is 82.6 Å². The van der Waals surface area contributed by atoms with E-state index in [2.05, 4.69) is 15.2 Å². The van der Waals surface area contributed by atoms with Crippen LogP contribution in [0.25, 0.3) is 0 Å². The molecule has 1 amide bonds. The molecule has 2 saturated heterocycles. The highest BCUT2D eigenvalue weighted by atomic mass is 35.5. The summed E-state index contributed by atoms with van der Waals surface area (Å²) >= 11 is 6.39. The first-order valence-corrected chi connectivity index (χ1v) is 12.4. The fraction of sp³-hybridized carbons (Fsp3) is 0.684. The summed E-state index contributed by atoms with van der Waals surface area (Å²) in [5.74, 6) is 0.802. The van der Waals surface area contributed by atoms with Gasteiger partial charge in [-0.3, -0.25) is 4.79 Å². The molecule has 1 aromatic rings. The SMILES string of the molecule is CS(=O)(=O)CCN1CCC(Nc2ncc(C(=O)N3CCCCC3)cc2Cl)CC1. The fourth-order valence-corrected chi connectivity index (χ4v) is 4.54. The van der Waals surface area contributed by atoms with Crippen LogP contribution in [0, 0.1) is 0 Å². The summed E-state index contributed by atoms with van der Waals surface area (Å²) in [6, 6.07) is 1.94. The first kappa shape index (κ1) is 21.3. The summed E-state index contributed by atoms with van der Waals surface area (Å²) < 4.78 is 22.6. The summed E-state index contributed by atoms with van der Waals surface area (Å²) in [7, 11) is -2.93. The van der Waals surface area contributed by atoms with E-state index in [1.165, 1.54) is 12.7 Å². The Morgan fingerprint density at radius 3 is 2.50 bits per heavy atom. The van der Waals surface area contributed by atoms with Crippen LogP contribution in [-0.4, -0.2) is 79.9 Å². The molecule has 28 heavy (non-hydrogen) atoms. The maximum Gasteiger partial charge on any atom is 0.255 e. The molecule has 0 aliphatic carbocycles. The Balaban J connectivity index is 1.52. The van der Waals surface area contributed by atoms with Gasteiger partial charge in [-0.2, -0.15) is 0 Å². The van der Waals surface area contributed by atoms with Crippen LogP contribution in [-0.2, 0) is 9.84 Å². The van der Waals surface area contributed by atoms with Crippen LogP contribution in [0.2, 0.25) is 5.02 Å². The molecule has 156 valence electrons. The van der Waals surface area contributed by atoms with Gasteiger partial charge in [-0.25, -0.2) is 13.4 Å². The number of likely N-dealkylation sites (tertiary alicyclic amines) is 2. The minimum atomic E-state index is -2.93. The average molecular weight is 429 g/mol. The molecule has 1 N–H and O–H groups in total. The fourth-order valence-electron chi connectivity index (χ4n) is 3.73. The molecule has 2 aliphatic rings. The molecule has 7 nitrogen and oxygen atoms in total. The van der Waals surface area contributed by atoms with Gasteiger partial charge in [0.05, 0.1) is 16.3 Å². The van der Waals surface area contributed by atoms with Crippen molar-refractivity contribution in [3.63, 3.8) is 0 Å². The molecule has 0 saturated carbocycles. The maximum absolute atomic E-state index is 12.6. The molecule has 0 aromatic carbocycles. The highest BCUT2D eigenvalue weighted by Gasteiger charge is 2.22. The number of hydrogen-bond acceptors (Lipinski definition) is 6. The van der Waals surface area contributed by atoms with Crippen LogP contribution < -0.4 is 5.32 Å². The Kier molecular flexibility index (Phi) is 7.17. The van der Waals surface area contributed by atoms with E-state index in [9.17, 15) is 13.2 Å². The molecular formula is C19H29ClN4O3S. The number of sulfone groups is 1. The molecule has 1 aromatic heterocycles.